The summed E-state index contributed by atoms with van der Waals surface area (Å²) >= 11 is 0. The number of fused-ring (bicyclic) bond motifs is 1. The number of hydrogen-bond donors (Lipinski definition) is 2. The molecule has 1 aromatic rings. The fourth-order valence-electron chi connectivity index (χ4n) is 1.67. The van der Waals surface area contributed by atoms with Crippen LogP contribution in [0.5, 0.6) is 0 Å². The molecule has 0 saturated carbocycles. The highest BCUT2D eigenvalue weighted by Crippen LogP contribution is 2.27. The highest BCUT2D eigenvalue weighted by molar-refractivity contribution is 5.41. The Morgan fingerprint density at radius 3 is 3.33 bits per heavy atom. The van der Waals surface area contributed by atoms with Crippen molar-refractivity contribution in [1.82, 2.24) is 10.5 Å². The molecule has 12 heavy (non-hydrogen) atoms. The zero-order valence-electron chi connectivity index (χ0n) is 7.13. The lowest BCUT2D eigenvalue weighted by molar-refractivity contribution is 0.403. The minimum absolute atomic E-state index is 0.329. The smallest absolute Gasteiger partial charge is 0.225 e. The number of anilines is 1. The van der Waals surface area contributed by atoms with Gasteiger partial charge >= 0.3 is 0 Å². The van der Waals surface area contributed by atoms with Crippen LogP contribution in [-0.2, 0) is 6.42 Å². The summed E-state index contributed by atoms with van der Waals surface area (Å²) in [6.45, 7) is 3.09. The number of nitrogens with one attached hydrogen (secondary N) is 1. The molecule has 0 radical (unpaired) electrons. The van der Waals surface area contributed by atoms with Crippen molar-refractivity contribution in [2.24, 2.45) is 0 Å². The molecule has 1 aromatic heterocycles. The summed E-state index contributed by atoms with van der Waals surface area (Å²) in [4.78, 5) is 0. The van der Waals surface area contributed by atoms with Crippen molar-refractivity contribution in [3.63, 3.8) is 0 Å². The molecule has 0 saturated heterocycles. The first-order valence-electron chi connectivity index (χ1n) is 4.30. The molecule has 66 valence electrons. The lowest BCUT2D eigenvalue weighted by Gasteiger charge is -2.20. The molecule has 1 atom stereocenters. The second-order valence-electron chi connectivity index (χ2n) is 3.08. The van der Waals surface area contributed by atoms with Crippen molar-refractivity contribution in [3.05, 3.63) is 11.3 Å². The fourth-order valence-corrected chi connectivity index (χ4v) is 1.67. The van der Waals surface area contributed by atoms with E-state index in [2.05, 4.69) is 17.4 Å². The number of rotatable bonds is 1. The van der Waals surface area contributed by atoms with E-state index in [1.54, 1.807) is 0 Å². The Morgan fingerprint density at radius 1 is 1.75 bits per heavy atom. The van der Waals surface area contributed by atoms with Gasteiger partial charge in [-0.05, 0) is 12.8 Å². The normalized spacial score (nSPS) is 22.2. The lowest BCUT2D eigenvalue weighted by atomic mass is 10.0. The maximum atomic E-state index is 5.62. The Bertz CT molecular complexity index is 282. The van der Waals surface area contributed by atoms with Gasteiger partial charge in [0.05, 0.1) is 6.04 Å². The van der Waals surface area contributed by atoms with Crippen LogP contribution in [0, 0.1) is 0 Å². The van der Waals surface area contributed by atoms with Gasteiger partial charge in [-0.2, -0.15) is 0 Å². The maximum absolute atomic E-state index is 5.62. The van der Waals surface area contributed by atoms with Crippen LogP contribution in [0.2, 0.25) is 0 Å². The standard InChI is InChI=1S/C8H13N3O/c1-2-6-7-5(3-4-10-6)8(9)12-11-7/h6,10H,2-4,9H2,1H3. The molecule has 1 aliphatic heterocycles. The number of nitrogen functional groups attached to an aromatic ring is 1. The zero-order chi connectivity index (χ0) is 8.55. The van der Waals surface area contributed by atoms with Crippen LogP contribution >= 0.6 is 0 Å². The quantitative estimate of drug-likeness (QED) is 0.651. The van der Waals surface area contributed by atoms with E-state index in [4.69, 9.17) is 10.3 Å². The third-order valence-corrected chi connectivity index (χ3v) is 2.35. The van der Waals surface area contributed by atoms with Crippen LogP contribution in [0.1, 0.15) is 30.6 Å². The molecule has 2 heterocycles. The van der Waals surface area contributed by atoms with E-state index in [9.17, 15) is 0 Å². The van der Waals surface area contributed by atoms with E-state index in [1.165, 1.54) is 0 Å². The average molecular weight is 167 g/mol. The summed E-state index contributed by atoms with van der Waals surface area (Å²) < 4.78 is 4.94. The molecular weight excluding hydrogens is 154 g/mol. The van der Waals surface area contributed by atoms with Gasteiger partial charge in [0.25, 0.3) is 0 Å². The lowest BCUT2D eigenvalue weighted by Crippen LogP contribution is -2.29. The minimum Gasteiger partial charge on any atom is -0.367 e. The topological polar surface area (TPSA) is 64.1 Å². The van der Waals surface area contributed by atoms with Crippen molar-refractivity contribution in [1.29, 1.82) is 0 Å². The van der Waals surface area contributed by atoms with Crippen LogP contribution in [-0.4, -0.2) is 11.7 Å². The molecule has 4 nitrogen and oxygen atoms in total. The molecule has 4 heteroatoms. The molecule has 0 bridgehead atoms. The SMILES string of the molecule is CCC1NCCc2c1noc2N. The summed E-state index contributed by atoms with van der Waals surface area (Å²) in [5.41, 5.74) is 7.72. The number of nitrogens with zero attached hydrogens (tertiary/aromatic N) is 1. The van der Waals surface area contributed by atoms with Crippen molar-refractivity contribution < 1.29 is 4.52 Å². The highest BCUT2D eigenvalue weighted by atomic mass is 16.5. The molecule has 0 spiro atoms. The van der Waals surface area contributed by atoms with E-state index in [1.807, 2.05) is 0 Å². The van der Waals surface area contributed by atoms with Crippen LogP contribution in [0.4, 0.5) is 5.88 Å². The van der Waals surface area contributed by atoms with Gasteiger partial charge in [0, 0.05) is 12.1 Å². The van der Waals surface area contributed by atoms with Crippen LogP contribution in [0.25, 0.3) is 0 Å². The van der Waals surface area contributed by atoms with Crippen LogP contribution in [0.15, 0.2) is 4.52 Å². The van der Waals surface area contributed by atoms with Gasteiger partial charge in [0.15, 0.2) is 0 Å². The summed E-state index contributed by atoms with van der Waals surface area (Å²) in [6.07, 6.45) is 1.96. The maximum Gasteiger partial charge on any atom is 0.225 e. The largest absolute Gasteiger partial charge is 0.367 e. The predicted octanol–water partition coefficient (Wildman–Crippen LogP) is 0.854. The third-order valence-electron chi connectivity index (χ3n) is 2.35. The summed E-state index contributed by atoms with van der Waals surface area (Å²) in [6, 6.07) is 0.329. The van der Waals surface area contributed by atoms with Crippen molar-refractivity contribution in [3.8, 4) is 0 Å². The second kappa shape index (κ2) is 2.79. The number of nitrogens with two attached hydrogens (primary N) is 1. The first-order chi connectivity index (χ1) is 5.83. The van der Waals surface area contributed by atoms with E-state index < -0.39 is 0 Å². The first kappa shape index (κ1) is 7.61. The fraction of sp³-hybridized carbons (Fsp3) is 0.625. The Hall–Kier alpha value is -1.03. The average Bonchev–Trinajstić information content (AvgIpc) is 2.48. The van der Waals surface area contributed by atoms with Crippen LogP contribution in [0.3, 0.4) is 0 Å². The van der Waals surface area contributed by atoms with Gasteiger partial charge < -0.3 is 15.6 Å². The monoisotopic (exact) mass is 167 g/mol. The highest BCUT2D eigenvalue weighted by Gasteiger charge is 2.24. The Balaban J connectivity index is 2.38. The summed E-state index contributed by atoms with van der Waals surface area (Å²) in [5.74, 6) is 0.491. The van der Waals surface area contributed by atoms with Gasteiger partial charge in [-0.15, -0.1) is 0 Å². The number of aromatic nitrogens is 1. The molecule has 0 amide bonds. The molecular formula is C8H13N3O. The molecule has 0 fully saturated rings. The Morgan fingerprint density at radius 2 is 2.58 bits per heavy atom. The molecule has 1 unspecified atom stereocenters. The summed E-state index contributed by atoms with van der Waals surface area (Å²) in [7, 11) is 0. The van der Waals surface area contributed by atoms with Crippen LogP contribution < -0.4 is 11.1 Å². The van der Waals surface area contributed by atoms with Crippen molar-refractivity contribution >= 4 is 5.88 Å². The van der Waals surface area contributed by atoms with Gasteiger partial charge in [-0.3, -0.25) is 0 Å². The zero-order valence-corrected chi connectivity index (χ0v) is 7.13. The Labute approximate surface area is 71.1 Å². The van der Waals surface area contributed by atoms with Gasteiger partial charge in [-0.1, -0.05) is 12.1 Å². The van der Waals surface area contributed by atoms with Gasteiger partial charge in [0.1, 0.15) is 5.69 Å². The summed E-state index contributed by atoms with van der Waals surface area (Å²) in [5, 5.41) is 7.31. The first-order valence-corrected chi connectivity index (χ1v) is 4.30. The van der Waals surface area contributed by atoms with Gasteiger partial charge in [0.2, 0.25) is 5.88 Å². The van der Waals surface area contributed by atoms with E-state index in [0.29, 0.717) is 11.9 Å². The van der Waals surface area contributed by atoms with Crippen molar-refractivity contribution in [2.75, 3.05) is 12.3 Å². The second-order valence-corrected chi connectivity index (χ2v) is 3.08. The van der Waals surface area contributed by atoms with E-state index >= 15 is 0 Å². The van der Waals surface area contributed by atoms with Gasteiger partial charge in [-0.25, -0.2) is 0 Å². The molecule has 0 aromatic carbocycles. The molecule has 0 aliphatic carbocycles. The molecule has 1 aliphatic rings. The predicted molar refractivity (Wildman–Crippen MR) is 45.7 cm³/mol. The Kier molecular flexibility index (Phi) is 1.77. The number of hydrogen-bond acceptors (Lipinski definition) is 4. The van der Waals surface area contributed by atoms with E-state index in [-0.39, 0.29) is 0 Å². The van der Waals surface area contributed by atoms with Crippen molar-refractivity contribution in [2.45, 2.75) is 25.8 Å². The molecule has 3 N–H and O–H groups in total. The molecule has 2 rings (SSSR count). The third kappa shape index (κ3) is 0.992. The van der Waals surface area contributed by atoms with E-state index in [0.717, 1.165) is 30.6 Å². The minimum atomic E-state index is 0.329.